The van der Waals surface area contributed by atoms with E-state index in [-0.39, 0.29) is 29.1 Å². The number of aromatic nitrogens is 1. The maximum atomic E-state index is 12.7. The fourth-order valence-electron chi connectivity index (χ4n) is 3.11. The number of ether oxygens (including phenoxy) is 2. The number of carbonyl (C=O) groups is 3. The Morgan fingerprint density at radius 1 is 1.03 bits per heavy atom. The summed E-state index contributed by atoms with van der Waals surface area (Å²) in [6, 6.07) is 7.32. The van der Waals surface area contributed by atoms with Gasteiger partial charge in [-0.2, -0.15) is 0 Å². The van der Waals surface area contributed by atoms with Crippen LogP contribution >= 0.6 is 0 Å². The van der Waals surface area contributed by atoms with Crippen LogP contribution in [0.1, 0.15) is 82.6 Å². The molecule has 1 aromatic heterocycles. The number of esters is 2. The number of aryl methyl sites for hydroxylation is 1. The van der Waals surface area contributed by atoms with Gasteiger partial charge in [0, 0.05) is 11.3 Å². The average Bonchev–Trinajstić information content (AvgIpc) is 2.95. The predicted molar refractivity (Wildman–Crippen MR) is 111 cm³/mol. The molecular formula is C23H29NO5. The van der Waals surface area contributed by atoms with E-state index in [0.29, 0.717) is 16.8 Å². The summed E-state index contributed by atoms with van der Waals surface area (Å²) < 4.78 is 10.4. The fourth-order valence-corrected chi connectivity index (χ4v) is 3.11. The van der Waals surface area contributed by atoms with Gasteiger partial charge in [0.05, 0.1) is 12.2 Å². The monoisotopic (exact) mass is 399 g/mol. The van der Waals surface area contributed by atoms with Crippen molar-refractivity contribution < 1.29 is 23.9 Å². The predicted octanol–water partition coefficient (Wildman–Crippen LogP) is 4.53. The number of hydrogen-bond donors (Lipinski definition) is 1. The van der Waals surface area contributed by atoms with Crippen molar-refractivity contribution in [3.8, 4) is 0 Å². The maximum Gasteiger partial charge on any atom is 0.355 e. The first-order valence-corrected chi connectivity index (χ1v) is 9.69. The van der Waals surface area contributed by atoms with E-state index in [1.165, 1.54) is 0 Å². The molecule has 1 N–H and O–H groups in total. The summed E-state index contributed by atoms with van der Waals surface area (Å²) in [5.41, 5.74) is 2.98. The Labute approximate surface area is 171 Å². The fraction of sp³-hybridized carbons (Fsp3) is 0.435. The highest BCUT2D eigenvalue weighted by Crippen LogP contribution is 2.24. The number of ketones is 1. The zero-order valence-corrected chi connectivity index (χ0v) is 18.1. The van der Waals surface area contributed by atoms with Gasteiger partial charge in [-0.05, 0) is 44.2 Å². The minimum absolute atomic E-state index is 0.0143. The second-order valence-electron chi connectivity index (χ2n) is 8.08. The van der Waals surface area contributed by atoms with E-state index >= 15 is 0 Å². The lowest BCUT2D eigenvalue weighted by Gasteiger charge is -2.19. The van der Waals surface area contributed by atoms with E-state index in [4.69, 9.17) is 9.47 Å². The summed E-state index contributed by atoms with van der Waals surface area (Å²) in [6.45, 7) is 13.1. The molecule has 0 radical (unpaired) electrons. The number of H-pyrrole nitrogens is 1. The molecule has 0 unspecified atom stereocenters. The van der Waals surface area contributed by atoms with Gasteiger partial charge in [0.1, 0.15) is 5.69 Å². The molecule has 6 heteroatoms. The highest BCUT2D eigenvalue weighted by atomic mass is 16.5. The quantitative estimate of drug-likeness (QED) is 0.570. The van der Waals surface area contributed by atoms with E-state index in [1.807, 2.05) is 12.1 Å². The highest BCUT2D eigenvalue weighted by Gasteiger charge is 2.27. The van der Waals surface area contributed by atoms with Crippen molar-refractivity contribution in [1.82, 2.24) is 4.98 Å². The van der Waals surface area contributed by atoms with Crippen molar-refractivity contribution in [3.05, 3.63) is 57.9 Å². The van der Waals surface area contributed by atoms with Gasteiger partial charge in [-0.3, -0.25) is 4.79 Å². The van der Waals surface area contributed by atoms with Crippen LogP contribution in [0.2, 0.25) is 0 Å². The number of aromatic amines is 1. The first-order chi connectivity index (χ1) is 13.5. The third kappa shape index (κ3) is 4.94. The molecule has 0 aliphatic rings. The molecule has 6 nitrogen and oxygen atoms in total. The van der Waals surface area contributed by atoms with Crippen LogP contribution in [0.25, 0.3) is 0 Å². The first-order valence-electron chi connectivity index (χ1n) is 9.69. The molecule has 1 atom stereocenters. The van der Waals surface area contributed by atoms with Gasteiger partial charge in [-0.25, -0.2) is 9.59 Å². The lowest BCUT2D eigenvalue weighted by molar-refractivity contribution is 0.0317. The summed E-state index contributed by atoms with van der Waals surface area (Å²) >= 11 is 0. The summed E-state index contributed by atoms with van der Waals surface area (Å²) in [5.74, 6) is -1.47. The van der Waals surface area contributed by atoms with Crippen LogP contribution in [0.4, 0.5) is 0 Å². The Morgan fingerprint density at radius 3 is 2.14 bits per heavy atom. The van der Waals surface area contributed by atoms with E-state index in [2.05, 4.69) is 25.8 Å². The van der Waals surface area contributed by atoms with Gasteiger partial charge < -0.3 is 14.5 Å². The van der Waals surface area contributed by atoms with Crippen LogP contribution in [0.3, 0.4) is 0 Å². The summed E-state index contributed by atoms with van der Waals surface area (Å²) in [5, 5.41) is 0. The zero-order valence-electron chi connectivity index (χ0n) is 18.1. The van der Waals surface area contributed by atoms with Gasteiger partial charge in [-0.1, -0.05) is 45.0 Å². The molecule has 0 saturated carbocycles. The molecule has 156 valence electrons. The molecule has 2 rings (SSSR count). The third-order valence-electron chi connectivity index (χ3n) is 4.81. The summed E-state index contributed by atoms with van der Waals surface area (Å²) in [4.78, 5) is 40.2. The Bertz CT molecular complexity index is 916. The van der Waals surface area contributed by atoms with Crippen molar-refractivity contribution in [3.63, 3.8) is 0 Å². The Balaban J connectivity index is 2.16. The average molecular weight is 399 g/mol. The largest absolute Gasteiger partial charge is 0.461 e. The second-order valence-corrected chi connectivity index (χ2v) is 8.08. The van der Waals surface area contributed by atoms with E-state index in [9.17, 15) is 14.4 Å². The van der Waals surface area contributed by atoms with Crippen LogP contribution in [-0.4, -0.2) is 35.4 Å². The molecule has 1 aromatic carbocycles. The number of hydrogen-bond acceptors (Lipinski definition) is 5. The summed E-state index contributed by atoms with van der Waals surface area (Å²) in [7, 11) is 0. The standard InChI is InChI=1S/C23H29NO5/c1-8-28-22(27)19-13(2)18(14(3)24-19)21(26)29-15(4)20(25)16-9-11-17(12-10-16)23(5,6)7/h9-12,15,24H,8H2,1-7H3/t15-/m1/s1. The summed E-state index contributed by atoms with van der Waals surface area (Å²) in [6.07, 6.45) is -0.956. The molecule has 0 spiro atoms. The first kappa shape index (κ1) is 22.4. The lowest BCUT2D eigenvalue weighted by Crippen LogP contribution is -2.25. The van der Waals surface area contributed by atoms with Crippen molar-refractivity contribution in [2.75, 3.05) is 6.61 Å². The molecular weight excluding hydrogens is 370 g/mol. The molecule has 0 aliphatic heterocycles. The van der Waals surface area contributed by atoms with Crippen molar-refractivity contribution in [2.24, 2.45) is 0 Å². The topological polar surface area (TPSA) is 85.5 Å². The van der Waals surface area contributed by atoms with E-state index in [0.717, 1.165) is 5.56 Å². The second kappa shape index (κ2) is 8.64. The van der Waals surface area contributed by atoms with Gasteiger partial charge in [0.25, 0.3) is 0 Å². The minimum Gasteiger partial charge on any atom is -0.461 e. The van der Waals surface area contributed by atoms with E-state index < -0.39 is 18.0 Å². The molecule has 2 aromatic rings. The molecule has 0 bridgehead atoms. The van der Waals surface area contributed by atoms with Crippen LogP contribution in [-0.2, 0) is 14.9 Å². The van der Waals surface area contributed by atoms with Gasteiger partial charge in [0.15, 0.2) is 6.10 Å². The molecule has 0 amide bonds. The molecule has 29 heavy (non-hydrogen) atoms. The number of nitrogens with one attached hydrogen (secondary N) is 1. The van der Waals surface area contributed by atoms with Crippen LogP contribution in [0.5, 0.6) is 0 Å². The number of rotatable bonds is 6. The number of Topliss-reactive ketones (excluding diaryl/α,β-unsaturated/α-hetero) is 1. The van der Waals surface area contributed by atoms with Crippen LogP contribution in [0.15, 0.2) is 24.3 Å². The zero-order chi connectivity index (χ0) is 21.9. The number of carbonyl (C=O) groups excluding carboxylic acids is 3. The third-order valence-corrected chi connectivity index (χ3v) is 4.81. The Morgan fingerprint density at radius 2 is 1.62 bits per heavy atom. The Hall–Kier alpha value is -2.89. The number of benzene rings is 1. The van der Waals surface area contributed by atoms with Crippen LogP contribution in [0, 0.1) is 13.8 Å². The molecule has 1 heterocycles. The van der Waals surface area contributed by atoms with Gasteiger partial charge in [-0.15, -0.1) is 0 Å². The maximum absolute atomic E-state index is 12.7. The van der Waals surface area contributed by atoms with Crippen molar-refractivity contribution in [1.29, 1.82) is 0 Å². The Kier molecular flexibility index (Phi) is 6.67. The molecule has 0 aliphatic carbocycles. The highest BCUT2D eigenvalue weighted by molar-refractivity contribution is 6.03. The minimum atomic E-state index is -0.956. The smallest absolute Gasteiger partial charge is 0.355 e. The lowest BCUT2D eigenvalue weighted by atomic mass is 9.86. The van der Waals surface area contributed by atoms with E-state index in [1.54, 1.807) is 39.8 Å². The van der Waals surface area contributed by atoms with Crippen LogP contribution < -0.4 is 0 Å². The van der Waals surface area contributed by atoms with Gasteiger partial charge >= 0.3 is 11.9 Å². The van der Waals surface area contributed by atoms with Crippen molar-refractivity contribution in [2.45, 2.75) is 60.0 Å². The molecule has 0 fully saturated rings. The van der Waals surface area contributed by atoms with Gasteiger partial charge in [0.2, 0.25) is 5.78 Å². The van der Waals surface area contributed by atoms with Crippen molar-refractivity contribution >= 4 is 17.7 Å². The normalized spacial score (nSPS) is 12.4. The SMILES string of the molecule is CCOC(=O)c1[nH]c(C)c(C(=O)O[C@H](C)C(=O)c2ccc(C(C)(C)C)cc2)c1C. The molecule has 0 saturated heterocycles.